The molecule has 0 unspecified atom stereocenters. The number of benzene rings is 2. The molecule has 2 aromatic carbocycles. The molecule has 6 nitrogen and oxygen atoms in total. The highest BCUT2D eigenvalue weighted by Gasteiger charge is 2.32. The molecule has 0 atom stereocenters. The molecule has 0 aliphatic rings. The van der Waals surface area contributed by atoms with Gasteiger partial charge in [-0.25, -0.2) is 9.78 Å². The highest BCUT2D eigenvalue weighted by atomic mass is 35.5. The van der Waals surface area contributed by atoms with Crippen molar-refractivity contribution in [2.75, 3.05) is 7.11 Å². The van der Waals surface area contributed by atoms with Gasteiger partial charge in [0.05, 0.1) is 33.4 Å². The van der Waals surface area contributed by atoms with Crippen LogP contribution in [0.2, 0.25) is 5.02 Å². The highest BCUT2D eigenvalue weighted by Crippen LogP contribution is 2.39. The Bertz CT molecular complexity index is 1450. The van der Waals surface area contributed by atoms with Crippen molar-refractivity contribution in [1.29, 1.82) is 0 Å². The Kier molecular flexibility index (Phi) is 5.90. The molecule has 0 fully saturated rings. The van der Waals surface area contributed by atoms with E-state index in [0.29, 0.717) is 16.6 Å². The van der Waals surface area contributed by atoms with Gasteiger partial charge in [-0.1, -0.05) is 16.8 Å². The zero-order valence-corrected chi connectivity index (χ0v) is 18.0. The Morgan fingerprint density at radius 3 is 2.64 bits per heavy atom. The summed E-state index contributed by atoms with van der Waals surface area (Å²) >= 11 is 6.22. The van der Waals surface area contributed by atoms with Crippen LogP contribution in [0.1, 0.15) is 16.7 Å². The first-order chi connectivity index (χ1) is 15.7. The zero-order chi connectivity index (χ0) is 23.8. The Morgan fingerprint density at radius 1 is 1.15 bits per heavy atom. The maximum atomic E-state index is 13.4. The number of oxime groups is 1. The van der Waals surface area contributed by atoms with Crippen molar-refractivity contribution in [3.05, 3.63) is 80.8 Å². The summed E-state index contributed by atoms with van der Waals surface area (Å²) in [7, 11) is 1.39. The maximum Gasteiger partial charge on any atom is 0.416 e. The van der Waals surface area contributed by atoms with E-state index in [2.05, 4.69) is 20.0 Å². The van der Waals surface area contributed by atoms with Gasteiger partial charge in [0.15, 0.2) is 0 Å². The SMILES string of the molecule is CO/N=C/c1cc(C)c2nc(-c3ccc(C(F)(F)F)cc3-c3ncccc3Cl)oc(=O)c2c1. The quantitative estimate of drug-likeness (QED) is 0.273. The molecule has 0 aliphatic heterocycles. The molecule has 4 rings (SSSR count). The van der Waals surface area contributed by atoms with Crippen LogP contribution in [0, 0.1) is 6.92 Å². The van der Waals surface area contributed by atoms with E-state index >= 15 is 0 Å². The van der Waals surface area contributed by atoms with Gasteiger partial charge in [0.1, 0.15) is 7.11 Å². The van der Waals surface area contributed by atoms with E-state index in [1.165, 1.54) is 37.7 Å². The lowest BCUT2D eigenvalue weighted by Gasteiger charge is -2.14. The van der Waals surface area contributed by atoms with Crippen LogP contribution in [0.5, 0.6) is 0 Å². The van der Waals surface area contributed by atoms with Crippen molar-refractivity contribution in [2.24, 2.45) is 5.16 Å². The molecule has 0 radical (unpaired) electrons. The monoisotopic (exact) mass is 473 g/mol. The Morgan fingerprint density at radius 2 is 1.94 bits per heavy atom. The number of rotatable bonds is 4. The predicted molar refractivity (Wildman–Crippen MR) is 118 cm³/mol. The summed E-state index contributed by atoms with van der Waals surface area (Å²) in [6.45, 7) is 1.74. The molecule has 10 heteroatoms. The molecule has 168 valence electrons. The molecule has 0 spiro atoms. The number of hydrogen-bond acceptors (Lipinski definition) is 6. The smallest absolute Gasteiger partial charge is 0.403 e. The average molecular weight is 474 g/mol. The zero-order valence-electron chi connectivity index (χ0n) is 17.3. The molecule has 0 saturated carbocycles. The molecular weight excluding hydrogens is 459 g/mol. The minimum atomic E-state index is -4.59. The van der Waals surface area contributed by atoms with Crippen LogP contribution in [-0.2, 0) is 11.0 Å². The predicted octanol–water partition coefficient (Wildman–Crippen LogP) is 5.88. The van der Waals surface area contributed by atoms with E-state index in [9.17, 15) is 18.0 Å². The summed E-state index contributed by atoms with van der Waals surface area (Å²) in [6.07, 6.45) is -1.76. The lowest BCUT2D eigenvalue weighted by Crippen LogP contribution is -2.08. The minimum Gasteiger partial charge on any atom is -0.403 e. The van der Waals surface area contributed by atoms with Gasteiger partial charge in [-0.3, -0.25) is 4.98 Å². The molecule has 2 heterocycles. The molecule has 2 aromatic heterocycles. The van der Waals surface area contributed by atoms with Crippen LogP contribution in [0.25, 0.3) is 33.6 Å². The average Bonchev–Trinajstić information content (AvgIpc) is 2.77. The summed E-state index contributed by atoms with van der Waals surface area (Å²) in [5.74, 6) is -0.153. The molecular formula is C23H15ClF3N3O3. The van der Waals surface area contributed by atoms with Gasteiger partial charge >= 0.3 is 11.8 Å². The topological polar surface area (TPSA) is 77.6 Å². The second kappa shape index (κ2) is 8.67. The largest absolute Gasteiger partial charge is 0.416 e. The van der Waals surface area contributed by atoms with Gasteiger partial charge < -0.3 is 9.25 Å². The Labute approximate surface area is 190 Å². The van der Waals surface area contributed by atoms with Crippen molar-refractivity contribution < 1.29 is 22.4 Å². The minimum absolute atomic E-state index is 0.0342. The number of aromatic nitrogens is 2. The number of aryl methyl sites for hydroxylation is 1. The van der Waals surface area contributed by atoms with E-state index in [4.69, 9.17) is 16.0 Å². The van der Waals surface area contributed by atoms with Crippen molar-refractivity contribution >= 4 is 28.7 Å². The van der Waals surface area contributed by atoms with Gasteiger partial charge in [-0.15, -0.1) is 0 Å². The molecule has 4 aromatic rings. The van der Waals surface area contributed by atoms with Crippen LogP contribution < -0.4 is 5.63 Å². The van der Waals surface area contributed by atoms with E-state index in [0.717, 1.165) is 12.1 Å². The summed E-state index contributed by atoms with van der Waals surface area (Å²) in [5.41, 5.74) is 0.260. The fourth-order valence-corrected chi connectivity index (χ4v) is 3.59. The van der Waals surface area contributed by atoms with Gasteiger partial charge in [-0.2, -0.15) is 13.2 Å². The van der Waals surface area contributed by atoms with Gasteiger partial charge in [-0.05, 0) is 60.5 Å². The highest BCUT2D eigenvalue weighted by molar-refractivity contribution is 6.33. The van der Waals surface area contributed by atoms with E-state index in [1.54, 1.807) is 19.1 Å². The lowest BCUT2D eigenvalue weighted by molar-refractivity contribution is -0.137. The van der Waals surface area contributed by atoms with Crippen molar-refractivity contribution in [2.45, 2.75) is 13.1 Å². The normalized spacial score (nSPS) is 11.9. The molecule has 0 aliphatic carbocycles. The van der Waals surface area contributed by atoms with E-state index in [1.807, 2.05) is 0 Å². The number of alkyl halides is 3. The van der Waals surface area contributed by atoms with E-state index < -0.39 is 17.4 Å². The third kappa shape index (κ3) is 4.45. The summed E-state index contributed by atoms with van der Waals surface area (Å²) < 4.78 is 45.6. The van der Waals surface area contributed by atoms with Crippen LogP contribution in [0.3, 0.4) is 0 Å². The Balaban J connectivity index is 1.98. The summed E-state index contributed by atoms with van der Waals surface area (Å²) in [5, 5.41) is 4.01. The first kappa shape index (κ1) is 22.5. The maximum absolute atomic E-state index is 13.4. The van der Waals surface area contributed by atoms with Crippen LogP contribution in [0.4, 0.5) is 13.2 Å². The van der Waals surface area contributed by atoms with Gasteiger partial charge in [0.25, 0.3) is 0 Å². The standard InChI is InChI=1S/C23H15ClF3N3O3/c1-12-8-13(11-29-32-2)9-17-19(12)30-21(33-22(17)31)15-6-5-14(23(25,26)27)10-16(15)20-18(24)4-3-7-28-20/h3-11H,1-2H3/b29-11+. The molecule has 0 amide bonds. The lowest BCUT2D eigenvalue weighted by atomic mass is 9.99. The number of fused-ring (bicyclic) bond motifs is 1. The van der Waals surface area contributed by atoms with Crippen LogP contribution in [0.15, 0.2) is 63.0 Å². The van der Waals surface area contributed by atoms with Crippen molar-refractivity contribution in [3.63, 3.8) is 0 Å². The molecule has 0 bridgehead atoms. The Hall–Kier alpha value is -3.72. The summed E-state index contributed by atoms with van der Waals surface area (Å²) in [4.78, 5) is 26.0. The van der Waals surface area contributed by atoms with E-state index in [-0.39, 0.29) is 33.1 Å². The molecule has 0 N–H and O–H groups in total. The second-order valence-electron chi connectivity index (χ2n) is 7.05. The summed E-state index contributed by atoms with van der Waals surface area (Å²) in [6, 6.07) is 9.33. The number of hydrogen-bond donors (Lipinski definition) is 0. The fourth-order valence-electron chi connectivity index (χ4n) is 3.37. The first-order valence-corrected chi connectivity index (χ1v) is 9.91. The van der Waals surface area contributed by atoms with Crippen molar-refractivity contribution in [1.82, 2.24) is 9.97 Å². The molecule has 33 heavy (non-hydrogen) atoms. The molecule has 0 saturated heterocycles. The first-order valence-electron chi connectivity index (χ1n) is 9.53. The van der Waals surface area contributed by atoms with Gasteiger partial charge in [0, 0.05) is 17.3 Å². The number of nitrogens with zero attached hydrogens (tertiary/aromatic N) is 3. The fraction of sp³-hybridized carbons (Fsp3) is 0.130. The second-order valence-corrected chi connectivity index (χ2v) is 7.46. The third-order valence-electron chi connectivity index (χ3n) is 4.84. The number of pyridine rings is 1. The number of halogens is 4. The third-order valence-corrected chi connectivity index (χ3v) is 5.15. The van der Waals surface area contributed by atoms with Crippen LogP contribution in [-0.4, -0.2) is 23.3 Å². The van der Waals surface area contributed by atoms with Crippen LogP contribution >= 0.6 is 11.6 Å². The van der Waals surface area contributed by atoms with Gasteiger partial charge in [0.2, 0.25) is 5.89 Å². The van der Waals surface area contributed by atoms with Crippen molar-refractivity contribution in [3.8, 4) is 22.7 Å².